The summed E-state index contributed by atoms with van der Waals surface area (Å²) in [6.45, 7) is 1.75. The van der Waals surface area contributed by atoms with E-state index in [1.54, 1.807) is 6.92 Å². The first-order chi connectivity index (χ1) is 9.70. The van der Waals surface area contributed by atoms with Gasteiger partial charge in [0.15, 0.2) is 0 Å². The van der Waals surface area contributed by atoms with Crippen molar-refractivity contribution < 1.29 is 18.4 Å². The summed E-state index contributed by atoms with van der Waals surface area (Å²) < 4.78 is 26.4. The molecule has 10 heteroatoms. The lowest BCUT2D eigenvalue weighted by atomic mass is 10.2. The van der Waals surface area contributed by atoms with E-state index < -0.39 is 36.7 Å². The van der Waals surface area contributed by atoms with E-state index in [2.05, 4.69) is 4.72 Å². The van der Waals surface area contributed by atoms with E-state index in [1.165, 1.54) is 0 Å². The molecule has 0 saturated heterocycles. The lowest BCUT2D eigenvalue weighted by Crippen LogP contribution is -2.27. The molecule has 1 rings (SSSR count). The fourth-order valence-corrected chi connectivity index (χ4v) is 3.47. The third-order valence-electron chi connectivity index (χ3n) is 2.74. The molecule has 2 N–H and O–H groups in total. The monoisotopic (exact) mass is 356 g/mol. The predicted molar refractivity (Wildman–Crippen MR) is 79.2 cm³/mol. The molecule has 21 heavy (non-hydrogen) atoms. The zero-order chi connectivity index (χ0) is 16.2. The van der Waals surface area contributed by atoms with Crippen molar-refractivity contribution in [2.24, 2.45) is 0 Å². The van der Waals surface area contributed by atoms with E-state index in [0.717, 1.165) is 12.1 Å². The fraction of sp³-hybridized carbons (Fsp3) is 0.455. The average Bonchev–Trinajstić information content (AvgIpc) is 2.37. The molecule has 0 aliphatic carbocycles. The van der Waals surface area contributed by atoms with Crippen LogP contribution >= 0.6 is 23.2 Å². The Kier molecular flexibility index (Phi) is 6.36. The van der Waals surface area contributed by atoms with Crippen LogP contribution in [0.25, 0.3) is 0 Å². The van der Waals surface area contributed by atoms with Gasteiger partial charge in [0, 0.05) is 6.54 Å². The van der Waals surface area contributed by atoms with Crippen LogP contribution in [0.15, 0.2) is 17.0 Å². The molecular weight excluding hydrogens is 343 g/mol. The number of halogens is 2. The third-order valence-corrected chi connectivity index (χ3v) is 5.05. The minimum absolute atomic E-state index is 0.00983. The van der Waals surface area contributed by atoms with Crippen LogP contribution in [0.3, 0.4) is 0 Å². The Morgan fingerprint density at radius 1 is 1.43 bits per heavy atom. The second kappa shape index (κ2) is 7.37. The Hall–Kier alpha value is -0.930. The molecule has 0 aliphatic heterocycles. The SMILES string of the molecule is CCC(O)CCNS(=O)(=O)c1ccc(Cl)c([N+](=O)[O-])c1Cl. The largest absolute Gasteiger partial charge is 0.393 e. The number of aliphatic hydroxyl groups is 1. The maximum absolute atomic E-state index is 12.1. The maximum Gasteiger partial charge on any atom is 0.307 e. The van der Waals surface area contributed by atoms with Gasteiger partial charge >= 0.3 is 5.69 Å². The second-order valence-corrected chi connectivity index (χ2v) is 6.73. The molecule has 0 saturated carbocycles. The molecule has 0 spiro atoms. The molecule has 0 radical (unpaired) electrons. The summed E-state index contributed by atoms with van der Waals surface area (Å²) in [7, 11) is -4.02. The van der Waals surface area contributed by atoms with Crippen LogP contribution in [0, 0.1) is 10.1 Å². The Bertz CT molecular complexity index is 636. The summed E-state index contributed by atoms with van der Waals surface area (Å²) >= 11 is 11.4. The summed E-state index contributed by atoms with van der Waals surface area (Å²) in [5.74, 6) is 0. The van der Waals surface area contributed by atoms with Gasteiger partial charge in [0.1, 0.15) is 14.9 Å². The quantitative estimate of drug-likeness (QED) is 0.575. The first-order valence-electron chi connectivity index (χ1n) is 6.00. The predicted octanol–water partition coefficient (Wildman–Crippen LogP) is 2.34. The first-order valence-corrected chi connectivity index (χ1v) is 8.24. The molecule has 0 heterocycles. The summed E-state index contributed by atoms with van der Waals surface area (Å²) in [5.41, 5.74) is -0.658. The number of nitro benzene ring substituents is 1. The van der Waals surface area contributed by atoms with E-state index in [0.29, 0.717) is 6.42 Å². The topological polar surface area (TPSA) is 110 Å². The van der Waals surface area contributed by atoms with E-state index >= 15 is 0 Å². The van der Waals surface area contributed by atoms with Gasteiger partial charge in [-0.15, -0.1) is 0 Å². The molecule has 7 nitrogen and oxygen atoms in total. The number of sulfonamides is 1. The van der Waals surface area contributed by atoms with Crippen molar-refractivity contribution in [1.82, 2.24) is 4.72 Å². The number of benzene rings is 1. The highest BCUT2D eigenvalue weighted by Gasteiger charge is 2.27. The van der Waals surface area contributed by atoms with Gasteiger partial charge in [-0.25, -0.2) is 13.1 Å². The third kappa shape index (κ3) is 4.52. The fourth-order valence-electron chi connectivity index (χ4n) is 1.54. The first kappa shape index (κ1) is 18.1. The van der Waals surface area contributed by atoms with Crippen LogP contribution < -0.4 is 4.72 Å². The number of hydrogen-bond donors (Lipinski definition) is 2. The molecule has 0 bridgehead atoms. The smallest absolute Gasteiger partial charge is 0.307 e. The van der Waals surface area contributed by atoms with Gasteiger partial charge in [0.25, 0.3) is 0 Å². The summed E-state index contributed by atoms with van der Waals surface area (Å²) in [4.78, 5) is 9.58. The van der Waals surface area contributed by atoms with Crippen molar-refractivity contribution in [3.8, 4) is 0 Å². The molecule has 0 fully saturated rings. The van der Waals surface area contributed by atoms with Crippen molar-refractivity contribution in [3.63, 3.8) is 0 Å². The summed E-state index contributed by atoms with van der Waals surface area (Å²) in [6, 6.07) is 2.19. The molecule has 1 aromatic rings. The van der Waals surface area contributed by atoms with Crippen molar-refractivity contribution in [1.29, 1.82) is 0 Å². The molecule has 0 aromatic heterocycles. The van der Waals surface area contributed by atoms with Crippen molar-refractivity contribution in [2.45, 2.75) is 30.8 Å². The normalized spacial score (nSPS) is 13.1. The highest BCUT2D eigenvalue weighted by Crippen LogP contribution is 2.36. The van der Waals surface area contributed by atoms with Gasteiger partial charge in [-0.1, -0.05) is 30.1 Å². The van der Waals surface area contributed by atoms with E-state index in [1.807, 2.05) is 0 Å². The highest BCUT2D eigenvalue weighted by atomic mass is 35.5. The average molecular weight is 357 g/mol. The van der Waals surface area contributed by atoms with E-state index in [9.17, 15) is 23.6 Å². The molecule has 118 valence electrons. The standard InChI is InChI=1S/C11H14Cl2N2O5S/c1-2-7(16)5-6-14-21(19,20)9-4-3-8(12)11(10(9)13)15(17)18/h3-4,7,14,16H,2,5-6H2,1H3. The second-order valence-electron chi connectivity index (χ2n) is 4.21. The Balaban J connectivity index is 3.04. The zero-order valence-corrected chi connectivity index (χ0v) is 13.4. The van der Waals surface area contributed by atoms with E-state index in [-0.39, 0.29) is 18.0 Å². The van der Waals surface area contributed by atoms with Crippen LogP contribution in [0.4, 0.5) is 5.69 Å². The Morgan fingerprint density at radius 3 is 2.57 bits per heavy atom. The Morgan fingerprint density at radius 2 is 2.05 bits per heavy atom. The lowest BCUT2D eigenvalue weighted by molar-refractivity contribution is -0.384. The van der Waals surface area contributed by atoms with Crippen LogP contribution in [-0.2, 0) is 10.0 Å². The van der Waals surface area contributed by atoms with Crippen LogP contribution in [-0.4, -0.2) is 31.1 Å². The molecular formula is C11H14Cl2N2O5S. The van der Waals surface area contributed by atoms with Gasteiger partial charge in [-0.2, -0.15) is 0 Å². The number of aliphatic hydroxyl groups excluding tert-OH is 1. The van der Waals surface area contributed by atoms with Gasteiger partial charge in [-0.3, -0.25) is 10.1 Å². The highest BCUT2D eigenvalue weighted by molar-refractivity contribution is 7.89. The number of rotatable bonds is 7. The minimum Gasteiger partial charge on any atom is -0.393 e. The summed E-state index contributed by atoms with van der Waals surface area (Å²) in [5, 5.41) is 19.4. The minimum atomic E-state index is -4.02. The number of hydrogen-bond acceptors (Lipinski definition) is 5. The lowest BCUT2D eigenvalue weighted by Gasteiger charge is -2.11. The molecule has 1 unspecified atom stereocenters. The number of nitro groups is 1. The van der Waals surface area contributed by atoms with Crippen molar-refractivity contribution in [3.05, 3.63) is 32.3 Å². The van der Waals surface area contributed by atoms with Gasteiger partial charge in [0.05, 0.1) is 11.0 Å². The zero-order valence-electron chi connectivity index (χ0n) is 11.0. The van der Waals surface area contributed by atoms with Crippen molar-refractivity contribution in [2.75, 3.05) is 6.54 Å². The van der Waals surface area contributed by atoms with E-state index in [4.69, 9.17) is 23.2 Å². The summed E-state index contributed by atoms with van der Waals surface area (Å²) in [6.07, 6.45) is 0.0977. The molecule has 1 aromatic carbocycles. The molecule has 0 aliphatic rings. The number of nitrogens with zero attached hydrogens (tertiary/aromatic N) is 1. The molecule has 0 amide bonds. The van der Waals surface area contributed by atoms with Gasteiger partial charge in [0.2, 0.25) is 10.0 Å². The van der Waals surface area contributed by atoms with Gasteiger partial charge in [-0.05, 0) is 25.0 Å². The van der Waals surface area contributed by atoms with Crippen molar-refractivity contribution >= 4 is 38.9 Å². The Labute approximate surface area is 132 Å². The van der Waals surface area contributed by atoms with Gasteiger partial charge < -0.3 is 5.11 Å². The van der Waals surface area contributed by atoms with Crippen LogP contribution in [0.2, 0.25) is 10.0 Å². The molecule has 1 atom stereocenters. The number of nitrogens with one attached hydrogen (secondary N) is 1. The maximum atomic E-state index is 12.1. The van der Waals surface area contributed by atoms with Crippen LogP contribution in [0.1, 0.15) is 19.8 Å². The van der Waals surface area contributed by atoms with Crippen LogP contribution in [0.5, 0.6) is 0 Å².